The Balaban J connectivity index is 0. The topological polar surface area (TPSA) is 175 Å². The molecule has 0 saturated heterocycles. The van der Waals surface area contributed by atoms with Crippen molar-refractivity contribution in [3.05, 3.63) is 0 Å². The fraction of sp³-hybridized carbons (Fsp3) is 0.826. The first kappa shape index (κ1) is 32.8. The molecule has 0 aromatic rings. The molecule has 10 nitrogen and oxygen atoms in total. The summed E-state index contributed by atoms with van der Waals surface area (Å²) < 4.78 is 5.04. The van der Waals surface area contributed by atoms with Crippen molar-refractivity contribution in [3.63, 3.8) is 0 Å². The van der Waals surface area contributed by atoms with Crippen LogP contribution in [0.25, 0.3) is 0 Å². The second-order valence-corrected chi connectivity index (χ2v) is 7.95. The number of rotatable bonds is 18. The Morgan fingerprint density at radius 1 is 0.970 bits per heavy atom. The molecule has 0 saturated carbocycles. The predicted octanol–water partition coefficient (Wildman–Crippen LogP) is 2.67. The minimum Gasteiger partial charge on any atom is -0.479 e. The standard InChI is InChI=1S/C20H40N4O3.C3H6O3/c1-3-5-6-7-8-9-10-11-12-15-18(25)24-17(19(26)27-4-2)14-13-16-23-20(21)22;1-2(4)3(5)6/h17H,3-16H2,1-2H3,(H,24,25)(H4,21,22,23);2,4H,1H3,(H,5,6)/t17-;/m0./s1. The number of nitrogens with one attached hydrogen (secondary N) is 3. The summed E-state index contributed by atoms with van der Waals surface area (Å²) in [6, 6.07) is -0.634. The summed E-state index contributed by atoms with van der Waals surface area (Å²) in [5, 5.41) is 28.4. The molecule has 194 valence electrons. The zero-order valence-corrected chi connectivity index (χ0v) is 20.7. The first-order valence-electron chi connectivity index (χ1n) is 12.1. The van der Waals surface area contributed by atoms with E-state index >= 15 is 0 Å². The molecule has 0 aliphatic heterocycles. The number of carbonyl (C=O) groups is 3. The highest BCUT2D eigenvalue weighted by atomic mass is 16.5. The first-order chi connectivity index (χ1) is 15.6. The molecule has 0 rings (SSSR count). The van der Waals surface area contributed by atoms with Gasteiger partial charge in [0.05, 0.1) is 6.61 Å². The average molecular weight is 475 g/mol. The van der Waals surface area contributed by atoms with Crippen molar-refractivity contribution in [2.75, 3.05) is 13.2 Å². The van der Waals surface area contributed by atoms with E-state index in [1.165, 1.54) is 45.4 Å². The Hall–Kier alpha value is -2.36. The lowest BCUT2D eigenvalue weighted by Crippen LogP contribution is -2.42. The summed E-state index contributed by atoms with van der Waals surface area (Å²) in [6.07, 6.45) is 11.1. The van der Waals surface area contributed by atoms with E-state index in [2.05, 4.69) is 17.6 Å². The van der Waals surface area contributed by atoms with Crippen LogP contribution in [0.4, 0.5) is 0 Å². The number of aliphatic carboxylic acids is 1. The number of carbonyl (C=O) groups excluding carboxylic acids is 2. The van der Waals surface area contributed by atoms with Gasteiger partial charge in [0.1, 0.15) is 12.1 Å². The molecule has 0 aromatic heterocycles. The van der Waals surface area contributed by atoms with E-state index < -0.39 is 24.1 Å². The highest BCUT2D eigenvalue weighted by molar-refractivity contribution is 5.84. The van der Waals surface area contributed by atoms with E-state index in [1.807, 2.05) is 0 Å². The maximum atomic E-state index is 12.1. The Labute approximate surface area is 198 Å². The SMILES string of the molecule is CC(O)C(=O)O.CCCCCCCCCCCC(=O)N[C@@H](CCCNC(=N)N)C(=O)OCC. The number of nitrogens with two attached hydrogens (primary N) is 1. The van der Waals surface area contributed by atoms with Crippen LogP contribution >= 0.6 is 0 Å². The van der Waals surface area contributed by atoms with Gasteiger partial charge in [0.15, 0.2) is 5.96 Å². The van der Waals surface area contributed by atoms with E-state index in [1.54, 1.807) is 6.92 Å². The number of esters is 1. The third-order valence-electron chi connectivity index (χ3n) is 4.76. The highest BCUT2D eigenvalue weighted by Crippen LogP contribution is 2.10. The number of hydrogen-bond donors (Lipinski definition) is 6. The van der Waals surface area contributed by atoms with Gasteiger partial charge in [-0.25, -0.2) is 9.59 Å². The van der Waals surface area contributed by atoms with Crippen molar-refractivity contribution in [2.45, 2.75) is 110 Å². The van der Waals surface area contributed by atoms with Crippen molar-refractivity contribution in [3.8, 4) is 0 Å². The van der Waals surface area contributed by atoms with Crippen molar-refractivity contribution in [2.24, 2.45) is 5.73 Å². The number of aliphatic hydroxyl groups excluding tert-OH is 1. The Morgan fingerprint density at radius 3 is 1.94 bits per heavy atom. The average Bonchev–Trinajstić information content (AvgIpc) is 2.75. The number of amides is 1. The number of unbranched alkanes of at least 4 members (excludes halogenated alkanes) is 8. The quantitative estimate of drug-likeness (QED) is 0.0760. The van der Waals surface area contributed by atoms with Gasteiger partial charge in [0.2, 0.25) is 5.91 Å². The summed E-state index contributed by atoms with van der Waals surface area (Å²) >= 11 is 0. The van der Waals surface area contributed by atoms with Crippen molar-refractivity contribution in [1.29, 1.82) is 5.41 Å². The maximum absolute atomic E-state index is 12.1. The Bertz CT molecular complexity index is 543. The molecule has 1 unspecified atom stereocenters. The normalized spacial score (nSPS) is 12.0. The van der Waals surface area contributed by atoms with Crippen molar-refractivity contribution in [1.82, 2.24) is 10.6 Å². The largest absolute Gasteiger partial charge is 0.479 e. The molecule has 1 amide bonds. The molecule has 0 aliphatic rings. The summed E-state index contributed by atoms with van der Waals surface area (Å²) in [7, 11) is 0. The van der Waals surface area contributed by atoms with Gasteiger partial charge in [0.25, 0.3) is 0 Å². The molecule has 0 aromatic carbocycles. The summed E-state index contributed by atoms with van der Waals surface area (Å²) in [4.78, 5) is 33.6. The minimum absolute atomic E-state index is 0.0999. The van der Waals surface area contributed by atoms with Crippen LogP contribution in [0.5, 0.6) is 0 Å². The van der Waals surface area contributed by atoms with Crippen LogP contribution in [0.1, 0.15) is 97.8 Å². The number of carboxylic acids is 1. The van der Waals surface area contributed by atoms with Gasteiger partial charge in [-0.15, -0.1) is 0 Å². The molecule has 0 aliphatic carbocycles. The molecular weight excluding hydrogens is 428 g/mol. The number of ether oxygens (including phenoxy) is 1. The molecule has 0 radical (unpaired) electrons. The molecular formula is C23H46N4O6. The van der Waals surface area contributed by atoms with Gasteiger partial charge in [-0.1, -0.05) is 58.3 Å². The third-order valence-corrected chi connectivity index (χ3v) is 4.76. The van der Waals surface area contributed by atoms with Crippen LogP contribution in [0, 0.1) is 5.41 Å². The zero-order chi connectivity index (χ0) is 25.5. The van der Waals surface area contributed by atoms with Gasteiger partial charge in [-0.3, -0.25) is 10.2 Å². The molecule has 0 heterocycles. The highest BCUT2D eigenvalue weighted by Gasteiger charge is 2.21. The first-order valence-corrected chi connectivity index (χ1v) is 12.1. The number of guanidine groups is 1. The molecule has 0 bridgehead atoms. The second kappa shape index (κ2) is 22.8. The maximum Gasteiger partial charge on any atom is 0.332 e. The van der Waals surface area contributed by atoms with Crippen LogP contribution in [-0.2, 0) is 19.1 Å². The molecule has 33 heavy (non-hydrogen) atoms. The van der Waals surface area contributed by atoms with Crippen LogP contribution in [0.15, 0.2) is 0 Å². The number of carboxylic acid groups (broad SMARTS) is 1. The van der Waals surface area contributed by atoms with E-state index in [9.17, 15) is 14.4 Å². The Morgan fingerprint density at radius 2 is 1.48 bits per heavy atom. The van der Waals surface area contributed by atoms with Gasteiger partial charge >= 0.3 is 11.9 Å². The minimum atomic E-state index is -1.23. The molecule has 2 atom stereocenters. The second-order valence-electron chi connectivity index (χ2n) is 7.95. The van der Waals surface area contributed by atoms with Gasteiger partial charge in [0, 0.05) is 13.0 Å². The van der Waals surface area contributed by atoms with Crippen molar-refractivity contribution >= 4 is 23.8 Å². The monoisotopic (exact) mass is 474 g/mol. The number of hydrogen-bond acceptors (Lipinski definition) is 6. The van der Waals surface area contributed by atoms with Gasteiger partial charge in [-0.2, -0.15) is 0 Å². The van der Waals surface area contributed by atoms with Gasteiger partial charge < -0.3 is 31.3 Å². The fourth-order valence-corrected chi connectivity index (χ4v) is 2.88. The van der Waals surface area contributed by atoms with E-state index in [0.717, 1.165) is 19.3 Å². The molecule has 0 spiro atoms. The van der Waals surface area contributed by atoms with E-state index in [-0.39, 0.29) is 18.5 Å². The van der Waals surface area contributed by atoms with Crippen LogP contribution < -0.4 is 16.4 Å². The molecule has 10 heteroatoms. The van der Waals surface area contributed by atoms with Gasteiger partial charge in [-0.05, 0) is 33.1 Å². The van der Waals surface area contributed by atoms with E-state index in [4.69, 9.17) is 26.1 Å². The van der Waals surface area contributed by atoms with Crippen LogP contribution in [-0.4, -0.2) is 59.3 Å². The fourth-order valence-electron chi connectivity index (χ4n) is 2.88. The lowest BCUT2D eigenvalue weighted by molar-refractivity contribution is -0.147. The summed E-state index contributed by atoms with van der Waals surface area (Å²) in [6.45, 7) is 5.94. The summed E-state index contributed by atoms with van der Waals surface area (Å²) in [5.41, 5.74) is 5.23. The zero-order valence-electron chi connectivity index (χ0n) is 20.7. The lowest BCUT2D eigenvalue weighted by atomic mass is 10.1. The van der Waals surface area contributed by atoms with Crippen LogP contribution in [0.3, 0.4) is 0 Å². The lowest BCUT2D eigenvalue weighted by Gasteiger charge is -2.17. The summed E-state index contributed by atoms with van der Waals surface area (Å²) in [5.74, 6) is -1.79. The Kier molecular flexibility index (Phi) is 22.7. The van der Waals surface area contributed by atoms with Crippen LogP contribution in [0.2, 0.25) is 0 Å². The predicted molar refractivity (Wildman–Crippen MR) is 129 cm³/mol. The van der Waals surface area contributed by atoms with E-state index in [0.29, 0.717) is 25.8 Å². The third kappa shape index (κ3) is 24.1. The molecule has 0 fully saturated rings. The van der Waals surface area contributed by atoms with Crippen molar-refractivity contribution < 1.29 is 29.3 Å². The number of aliphatic hydroxyl groups is 1. The molecule has 7 N–H and O–H groups in total. The smallest absolute Gasteiger partial charge is 0.332 e.